The Bertz CT molecular complexity index is 539. The minimum atomic E-state index is 0. The van der Waals surface area contributed by atoms with Gasteiger partial charge in [0.05, 0.1) is 11.4 Å². The molecule has 1 aromatic heterocycles. The lowest BCUT2D eigenvalue weighted by molar-refractivity contribution is 0.174. The number of nitrogens with zero attached hydrogens (tertiary/aromatic N) is 1. The van der Waals surface area contributed by atoms with Crippen molar-refractivity contribution in [2.45, 2.75) is 5.88 Å². The van der Waals surface area contributed by atoms with Gasteiger partial charge in [0, 0.05) is 24.1 Å². The second kappa shape index (κ2) is 5.08. The third kappa shape index (κ3) is 2.02. The molecule has 0 amide bonds. The zero-order chi connectivity index (χ0) is 11.8. The summed E-state index contributed by atoms with van der Waals surface area (Å²) in [5, 5.41) is 4.04. The van der Waals surface area contributed by atoms with Gasteiger partial charge in [0.2, 0.25) is 6.79 Å². The van der Waals surface area contributed by atoms with Crippen molar-refractivity contribution in [3.05, 3.63) is 23.8 Å². The molecule has 4 nitrogen and oxygen atoms in total. The number of hydrogen-bond acceptors (Lipinski definition) is 4. The van der Waals surface area contributed by atoms with Crippen LogP contribution in [0.1, 0.15) is 5.56 Å². The first-order valence-corrected chi connectivity index (χ1v) is 5.82. The number of aromatic nitrogens is 1. The van der Waals surface area contributed by atoms with Gasteiger partial charge in [-0.05, 0) is 12.1 Å². The van der Waals surface area contributed by atoms with Gasteiger partial charge in [0.25, 0.3) is 0 Å². The first-order valence-electron chi connectivity index (χ1n) is 5.29. The summed E-state index contributed by atoms with van der Waals surface area (Å²) in [6.45, 7) is 0.271. The molecule has 0 spiro atoms. The largest absolute Gasteiger partial charge is 0.454 e. The number of nitrogens with one attached hydrogen (secondary N) is 1. The molecule has 18 heavy (non-hydrogen) atoms. The van der Waals surface area contributed by atoms with Crippen molar-refractivity contribution >= 4 is 40.7 Å². The monoisotopic (exact) mass is 286 g/mol. The Morgan fingerprint density at radius 2 is 2.00 bits per heavy atom. The second-order valence-electron chi connectivity index (χ2n) is 3.78. The normalized spacial score (nSPS) is 12.3. The molecule has 6 heteroatoms. The Balaban J connectivity index is 0.00000120. The molecule has 0 fully saturated rings. The van der Waals surface area contributed by atoms with Crippen molar-refractivity contribution < 1.29 is 9.47 Å². The Labute approximate surface area is 116 Å². The van der Waals surface area contributed by atoms with Crippen LogP contribution in [0.15, 0.2) is 18.2 Å². The van der Waals surface area contributed by atoms with Crippen LogP contribution in [0, 0.1) is 0 Å². The van der Waals surface area contributed by atoms with Crippen LogP contribution in [0.25, 0.3) is 10.9 Å². The molecule has 3 rings (SSSR count). The topological polar surface area (TPSA) is 43.4 Å². The highest BCUT2D eigenvalue weighted by atomic mass is 35.5. The van der Waals surface area contributed by atoms with Gasteiger partial charge in [0.15, 0.2) is 11.5 Å². The van der Waals surface area contributed by atoms with Crippen molar-refractivity contribution in [2.75, 3.05) is 19.2 Å². The molecule has 1 N–H and O–H groups in total. The van der Waals surface area contributed by atoms with E-state index < -0.39 is 0 Å². The third-order valence-electron chi connectivity index (χ3n) is 2.77. The first kappa shape index (κ1) is 13.1. The summed E-state index contributed by atoms with van der Waals surface area (Å²) in [7, 11) is 1.83. The zero-order valence-corrected chi connectivity index (χ0v) is 11.3. The molecular weight excluding hydrogens is 275 g/mol. The molecule has 1 aliphatic rings. The molecule has 96 valence electrons. The quantitative estimate of drug-likeness (QED) is 0.862. The van der Waals surface area contributed by atoms with Crippen molar-refractivity contribution in [3.8, 4) is 11.5 Å². The van der Waals surface area contributed by atoms with Gasteiger partial charge in [-0.2, -0.15) is 0 Å². The summed E-state index contributed by atoms with van der Waals surface area (Å²) >= 11 is 5.89. The van der Waals surface area contributed by atoms with Gasteiger partial charge in [0.1, 0.15) is 5.82 Å². The second-order valence-corrected chi connectivity index (χ2v) is 4.05. The molecule has 0 atom stereocenters. The summed E-state index contributed by atoms with van der Waals surface area (Å²) in [6.07, 6.45) is 0. The number of ether oxygens (including phenoxy) is 2. The van der Waals surface area contributed by atoms with E-state index in [0.717, 1.165) is 33.8 Å². The van der Waals surface area contributed by atoms with Gasteiger partial charge in [-0.25, -0.2) is 4.98 Å². The van der Waals surface area contributed by atoms with E-state index in [1.807, 2.05) is 25.2 Å². The van der Waals surface area contributed by atoms with E-state index in [1.165, 1.54) is 0 Å². The molecule has 0 saturated carbocycles. The highest BCUT2D eigenvalue weighted by molar-refractivity contribution is 6.17. The van der Waals surface area contributed by atoms with Crippen LogP contribution < -0.4 is 14.8 Å². The zero-order valence-electron chi connectivity index (χ0n) is 9.70. The van der Waals surface area contributed by atoms with Gasteiger partial charge < -0.3 is 14.8 Å². The number of hydrogen-bond donors (Lipinski definition) is 1. The molecule has 0 unspecified atom stereocenters. The highest BCUT2D eigenvalue weighted by Gasteiger charge is 2.15. The maximum Gasteiger partial charge on any atom is 0.231 e. The number of anilines is 1. The number of rotatable bonds is 2. The Kier molecular flexibility index (Phi) is 3.68. The number of pyridine rings is 1. The van der Waals surface area contributed by atoms with Crippen LogP contribution >= 0.6 is 24.0 Å². The van der Waals surface area contributed by atoms with Crippen LogP contribution in [0.5, 0.6) is 11.5 Å². The van der Waals surface area contributed by atoms with Gasteiger partial charge in [-0.15, -0.1) is 24.0 Å². The fourth-order valence-electron chi connectivity index (χ4n) is 1.93. The fourth-order valence-corrected chi connectivity index (χ4v) is 2.13. The summed E-state index contributed by atoms with van der Waals surface area (Å²) in [6, 6.07) is 5.83. The minimum Gasteiger partial charge on any atom is -0.454 e. The van der Waals surface area contributed by atoms with E-state index >= 15 is 0 Å². The average Bonchev–Trinajstić information content (AvgIpc) is 2.81. The van der Waals surface area contributed by atoms with Gasteiger partial charge >= 0.3 is 0 Å². The van der Waals surface area contributed by atoms with E-state index in [1.54, 1.807) is 0 Å². The molecule has 0 aliphatic carbocycles. The average molecular weight is 287 g/mol. The lowest BCUT2D eigenvalue weighted by Gasteiger charge is -2.08. The van der Waals surface area contributed by atoms with E-state index in [4.69, 9.17) is 21.1 Å². The van der Waals surface area contributed by atoms with Crippen molar-refractivity contribution in [1.82, 2.24) is 4.98 Å². The first-order chi connectivity index (χ1) is 8.31. The smallest absolute Gasteiger partial charge is 0.231 e. The molecule has 2 aromatic rings. The standard InChI is InChI=1S/C12H11ClN2O2.ClH/c1-14-12-8(5-13)2-7-3-10-11(17-6-16-10)4-9(7)15-12;/h2-4H,5-6H2,1H3,(H,14,15);1H. The van der Waals surface area contributed by atoms with Crippen LogP contribution in [0.2, 0.25) is 0 Å². The van der Waals surface area contributed by atoms with Crippen molar-refractivity contribution in [3.63, 3.8) is 0 Å². The Morgan fingerprint density at radius 3 is 2.67 bits per heavy atom. The van der Waals surface area contributed by atoms with Crippen molar-refractivity contribution in [1.29, 1.82) is 0 Å². The highest BCUT2D eigenvalue weighted by Crippen LogP contribution is 2.36. The predicted octanol–water partition coefficient (Wildman–Crippen LogP) is 3.17. The van der Waals surface area contributed by atoms with Crippen LogP contribution in [0.4, 0.5) is 5.82 Å². The SMILES string of the molecule is CNc1nc2cc3c(cc2cc1CCl)OCO3.Cl. The summed E-state index contributed by atoms with van der Waals surface area (Å²) < 4.78 is 10.7. The summed E-state index contributed by atoms with van der Waals surface area (Å²) in [5.41, 5.74) is 1.84. The van der Waals surface area contributed by atoms with Crippen LogP contribution in [0.3, 0.4) is 0 Å². The maximum absolute atomic E-state index is 5.89. The Hall–Kier alpha value is -1.39. The lowest BCUT2D eigenvalue weighted by atomic mass is 10.1. The molecular formula is C12H12Cl2N2O2. The molecule has 1 aromatic carbocycles. The third-order valence-corrected chi connectivity index (χ3v) is 3.06. The number of halogens is 2. The van der Waals surface area contributed by atoms with E-state index in [-0.39, 0.29) is 19.2 Å². The molecule has 0 bridgehead atoms. The van der Waals surface area contributed by atoms with Crippen LogP contribution in [-0.4, -0.2) is 18.8 Å². The minimum absolute atomic E-state index is 0. The van der Waals surface area contributed by atoms with E-state index in [2.05, 4.69) is 10.3 Å². The van der Waals surface area contributed by atoms with E-state index in [9.17, 15) is 0 Å². The molecule has 0 saturated heterocycles. The number of alkyl halides is 1. The lowest BCUT2D eigenvalue weighted by Crippen LogP contribution is -1.97. The fraction of sp³-hybridized carbons (Fsp3) is 0.250. The van der Waals surface area contributed by atoms with Crippen molar-refractivity contribution in [2.24, 2.45) is 0 Å². The number of fused-ring (bicyclic) bond motifs is 2. The molecule has 0 radical (unpaired) electrons. The Morgan fingerprint density at radius 1 is 1.28 bits per heavy atom. The maximum atomic E-state index is 5.89. The van der Waals surface area contributed by atoms with Gasteiger partial charge in [-0.1, -0.05) is 0 Å². The summed E-state index contributed by atoms with van der Waals surface area (Å²) in [5.74, 6) is 2.72. The summed E-state index contributed by atoms with van der Waals surface area (Å²) in [4.78, 5) is 4.51. The van der Waals surface area contributed by atoms with Crippen LogP contribution in [-0.2, 0) is 5.88 Å². The number of benzene rings is 1. The van der Waals surface area contributed by atoms with Gasteiger partial charge in [-0.3, -0.25) is 0 Å². The van der Waals surface area contributed by atoms with E-state index in [0.29, 0.717) is 5.88 Å². The molecule has 2 heterocycles. The predicted molar refractivity (Wildman–Crippen MR) is 74.2 cm³/mol. The molecule has 1 aliphatic heterocycles.